The van der Waals surface area contributed by atoms with E-state index in [2.05, 4.69) is 10.0 Å². The Morgan fingerprint density at radius 1 is 1.07 bits per heavy atom. The van der Waals surface area contributed by atoms with Crippen LogP contribution in [0, 0.1) is 5.82 Å². The van der Waals surface area contributed by atoms with Crippen LogP contribution in [0.1, 0.15) is 41.6 Å². The molecule has 7 heteroatoms. The fraction of sp³-hybridized carbons (Fsp3) is 0.350. The van der Waals surface area contributed by atoms with Crippen LogP contribution >= 0.6 is 0 Å². The Morgan fingerprint density at radius 2 is 1.78 bits per heavy atom. The van der Waals surface area contributed by atoms with E-state index in [-0.39, 0.29) is 22.7 Å². The lowest BCUT2D eigenvalue weighted by atomic mass is 10.1. The number of nitrogens with one attached hydrogen (secondary N) is 2. The molecule has 0 saturated heterocycles. The molecule has 5 nitrogen and oxygen atoms in total. The van der Waals surface area contributed by atoms with E-state index in [0.717, 1.165) is 31.2 Å². The molecule has 2 N–H and O–H groups in total. The van der Waals surface area contributed by atoms with Crippen molar-refractivity contribution in [2.24, 2.45) is 0 Å². The Kier molecular flexibility index (Phi) is 6.23. The molecule has 1 aliphatic carbocycles. The van der Waals surface area contributed by atoms with Crippen molar-refractivity contribution in [2.45, 2.75) is 43.0 Å². The number of sulfonamides is 1. The van der Waals surface area contributed by atoms with Crippen molar-refractivity contribution in [3.8, 4) is 0 Å². The van der Waals surface area contributed by atoms with Crippen molar-refractivity contribution >= 4 is 15.9 Å². The van der Waals surface area contributed by atoms with Gasteiger partial charge in [-0.3, -0.25) is 4.79 Å². The highest BCUT2D eigenvalue weighted by Crippen LogP contribution is 2.20. The lowest BCUT2D eigenvalue weighted by Crippen LogP contribution is -2.33. The molecule has 0 spiro atoms. The maximum Gasteiger partial charge on any atom is 0.251 e. The van der Waals surface area contributed by atoms with Gasteiger partial charge >= 0.3 is 0 Å². The van der Waals surface area contributed by atoms with Crippen molar-refractivity contribution in [3.05, 3.63) is 65.5 Å². The number of hydrogen-bond donors (Lipinski definition) is 2. The smallest absolute Gasteiger partial charge is 0.251 e. The first-order chi connectivity index (χ1) is 12.9. The van der Waals surface area contributed by atoms with Gasteiger partial charge in [-0.05, 0) is 55.2 Å². The number of rotatable bonds is 7. The molecule has 2 aromatic rings. The van der Waals surface area contributed by atoms with E-state index in [0.29, 0.717) is 18.5 Å². The van der Waals surface area contributed by atoms with E-state index in [9.17, 15) is 17.6 Å². The zero-order valence-electron chi connectivity index (χ0n) is 14.9. The maximum atomic E-state index is 12.9. The number of benzene rings is 2. The Morgan fingerprint density at radius 3 is 2.48 bits per heavy atom. The predicted molar refractivity (Wildman–Crippen MR) is 101 cm³/mol. The Hall–Kier alpha value is -2.25. The van der Waals surface area contributed by atoms with E-state index < -0.39 is 10.0 Å². The Bertz CT molecular complexity index is 892. The van der Waals surface area contributed by atoms with Crippen molar-refractivity contribution in [3.63, 3.8) is 0 Å². The number of amides is 1. The van der Waals surface area contributed by atoms with Crippen LogP contribution in [0.15, 0.2) is 53.4 Å². The molecule has 144 valence electrons. The molecular formula is C20H23FN2O3S. The van der Waals surface area contributed by atoms with Gasteiger partial charge in [-0.25, -0.2) is 17.5 Å². The summed E-state index contributed by atoms with van der Waals surface area (Å²) in [4.78, 5) is 12.4. The van der Waals surface area contributed by atoms with E-state index in [1.54, 1.807) is 24.3 Å². The molecule has 0 bridgehead atoms. The molecular weight excluding hydrogens is 367 g/mol. The molecule has 27 heavy (non-hydrogen) atoms. The number of hydrogen-bond acceptors (Lipinski definition) is 3. The molecule has 2 aromatic carbocycles. The summed E-state index contributed by atoms with van der Waals surface area (Å²) < 4.78 is 40.6. The molecule has 1 fully saturated rings. The summed E-state index contributed by atoms with van der Waals surface area (Å²) in [7, 11) is -3.63. The van der Waals surface area contributed by atoms with Gasteiger partial charge < -0.3 is 5.32 Å². The van der Waals surface area contributed by atoms with Gasteiger partial charge in [-0.15, -0.1) is 0 Å². The fourth-order valence-electron chi connectivity index (χ4n) is 3.21. The number of carbonyl (C=O) groups excluding carboxylic acids is 1. The second-order valence-electron chi connectivity index (χ2n) is 6.76. The fourth-order valence-corrected chi connectivity index (χ4v) is 4.56. The number of carbonyl (C=O) groups is 1. The molecule has 0 aromatic heterocycles. The normalized spacial score (nSPS) is 15.0. The van der Waals surface area contributed by atoms with Crippen LogP contribution in [0.5, 0.6) is 0 Å². The van der Waals surface area contributed by atoms with Gasteiger partial charge in [-0.1, -0.05) is 31.0 Å². The predicted octanol–water partition coefficient (Wildman–Crippen LogP) is 3.02. The topological polar surface area (TPSA) is 75.3 Å². The van der Waals surface area contributed by atoms with E-state index in [1.807, 2.05) is 0 Å². The Balaban J connectivity index is 1.60. The molecule has 0 radical (unpaired) electrons. The van der Waals surface area contributed by atoms with Gasteiger partial charge in [0.25, 0.3) is 5.91 Å². The van der Waals surface area contributed by atoms with Crippen LogP contribution in [-0.2, 0) is 16.4 Å². The largest absolute Gasteiger partial charge is 0.352 e. The summed E-state index contributed by atoms with van der Waals surface area (Å²) in [5.41, 5.74) is 1.21. The van der Waals surface area contributed by atoms with Crippen molar-refractivity contribution in [1.82, 2.24) is 10.0 Å². The zero-order chi connectivity index (χ0) is 19.3. The first-order valence-electron chi connectivity index (χ1n) is 9.09. The van der Waals surface area contributed by atoms with Crippen LogP contribution in [0.25, 0.3) is 0 Å². The zero-order valence-corrected chi connectivity index (χ0v) is 15.8. The third kappa shape index (κ3) is 5.37. The van der Waals surface area contributed by atoms with Crippen molar-refractivity contribution in [2.75, 3.05) is 6.54 Å². The van der Waals surface area contributed by atoms with Gasteiger partial charge in [0.1, 0.15) is 5.82 Å². The van der Waals surface area contributed by atoms with E-state index in [4.69, 9.17) is 0 Å². The lowest BCUT2D eigenvalue weighted by molar-refractivity contribution is 0.0954. The third-order valence-corrected chi connectivity index (χ3v) is 6.21. The molecule has 0 atom stereocenters. The minimum Gasteiger partial charge on any atom is -0.352 e. The minimum absolute atomic E-state index is 0.0248. The van der Waals surface area contributed by atoms with Gasteiger partial charge in [0, 0.05) is 18.2 Å². The first kappa shape index (κ1) is 19.5. The highest BCUT2D eigenvalue weighted by Gasteiger charge is 2.23. The van der Waals surface area contributed by atoms with Gasteiger partial charge in [0.05, 0.1) is 4.90 Å². The average molecular weight is 390 g/mol. The summed E-state index contributed by atoms with van der Waals surface area (Å²) in [6, 6.07) is 12.1. The quantitative estimate of drug-likeness (QED) is 0.763. The van der Waals surface area contributed by atoms with Crippen LogP contribution in [-0.4, -0.2) is 26.9 Å². The highest BCUT2D eigenvalue weighted by atomic mass is 32.2. The minimum atomic E-state index is -3.63. The molecule has 0 unspecified atom stereocenters. The lowest BCUT2D eigenvalue weighted by Gasteiger charge is -2.13. The summed E-state index contributed by atoms with van der Waals surface area (Å²) in [5.74, 6) is -0.637. The van der Waals surface area contributed by atoms with Crippen LogP contribution < -0.4 is 10.0 Å². The highest BCUT2D eigenvalue weighted by molar-refractivity contribution is 7.89. The van der Waals surface area contributed by atoms with Crippen molar-refractivity contribution in [1.29, 1.82) is 0 Å². The summed E-state index contributed by atoms with van der Waals surface area (Å²) in [6.07, 6.45) is 4.33. The van der Waals surface area contributed by atoms with Crippen LogP contribution in [0.4, 0.5) is 4.39 Å². The SMILES string of the molecule is O=C(NCCc1ccc(F)cc1)c1cccc(S(=O)(=O)NC2CCCC2)c1. The van der Waals surface area contributed by atoms with Gasteiger partial charge in [0.15, 0.2) is 0 Å². The monoisotopic (exact) mass is 390 g/mol. The maximum absolute atomic E-state index is 12.9. The van der Waals surface area contributed by atoms with Gasteiger partial charge in [-0.2, -0.15) is 0 Å². The Labute approximate surface area is 159 Å². The number of halogens is 1. The molecule has 1 aliphatic rings. The second-order valence-corrected chi connectivity index (χ2v) is 8.48. The molecule has 3 rings (SSSR count). The average Bonchev–Trinajstić information content (AvgIpc) is 3.15. The van der Waals surface area contributed by atoms with E-state index in [1.165, 1.54) is 24.3 Å². The standard InChI is InChI=1S/C20H23FN2O3S/c21-17-10-8-15(9-11-17)12-13-22-20(24)16-4-3-7-19(14-16)27(25,26)23-18-5-1-2-6-18/h3-4,7-11,14,18,23H,1-2,5-6,12-13H2,(H,22,24). The molecule has 1 amide bonds. The summed E-state index contributed by atoms with van der Waals surface area (Å²) >= 11 is 0. The van der Waals surface area contributed by atoms with Crippen molar-refractivity contribution < 1.29 is 17.6 Å². The van der Waals surface area contributed by atoms with Crippen LogP contribution in [0.3, 0.4) is 0 Å². The third-order valence-electron chi connectivity index (χ3n) is 4.70. The molecule has 1 saturated carbocycles. The molecule has 0 heterocycles. The summed E-state index contributed by atoms with van der Waals surface area (Å²) in [5, 5.41) is 2.77. The van der Waals surface area contributed by atoms with Crippen LogP contribution in [0.2, 0.25) is 0 Å². The molecule has 0 aliphatic heterocycles. The van der Waals surface area contributed by atoms with E-state index >= 15 is 0 Å². The summed E-state index contributed by atoms with van der Waals surface area (Å²) in [6.45, 7) is 0.377. The first-order valence-corrected chi connectivity index (χ1v) is 10.6. The van der Waals surface area contributed by atoms with Gasteiger partial charge in [0.2, 0.25) is 10.0 Å². The second kappa shape index (κ2) is 8.63.